The largest absolute Gasteiger partial charge is 0.350 e. The molecule has 0 aliphatic rings. The maximum Gasteiger partial charge on any atom is 0.260 e. The van der Waals surface area contributed by atoms with Crippen molar-refractivity contribution in [1.29, 1.82) is 0 Å². The summed E-state index contributed by atoms with van der Waals surface area (Å²) < 4.78 is 3.67. The molecule has 0 saturated carbocycles. The molecule has 0 unspecified atom stereocenters. The zero-order valence-electron chi connectivity index (χ0n) is 10.4. The molecular weight excluding hydrogens is 230 g/mol. The predicted molar refractivity (Wildman–Crippen MR) is 68.1 cm³/mol. The number of nitrogens with one attached hydrogen (secondary N) is 1. The summed E-state index contributed by atoms with van der Waals surface area (Å²) in [5, 5.41) is 3.91. The lowest BCUT2D eigenvalue weighted by molar-refractivity contribution is -0.121. The number of hydrazone groups is 1. The average molecular weight is 245 g/mol. The van der Waals surface area contributed by atoms with Gasteiger partial charge in [-0.25, -0.2) is 10.4 Å². The van der Waals surface area contributed by atoms with Crippen LogP contribution in [-0.2, 0) is 18.4 Å². The highest BCUT2D eigenvalue weighted by Crippen LogP contribution is 1.95. The number of rotatable bonds is 4. The van der Waals surface area contributed by atoms with Crippen LogP contribution in [0.15, 0.2) is 35.8 Å². The van der Waals surface area contributed by atoms with Gasteiger partial charge in [0.05, 0.1) is 11.9 Å². The van der Waals surface area contributed by atoms with Gasteiger partial charge in [0.25, 0.3) is 5.91 Å². The maximum absolute atomic E-state index is 11.6. The first-order valence-electron chi connectivity index (χ1n) is 5.58. The Bertz CT molecular complexity index is 567. The molecule has 6 nitrogen and oxygen atoms in total. The summed E-state index contributed by atoms with van der Waals surface area (Å²) in [5.41, 5.74) is 3.41. The molecule has 0 bridgehead atoms. The third-order valence-corrected chi connectivity index (χ3v) is 2.61. The van der Waals surface area contributed by atoms with Crippen LogP contribution in [0.2, 0.25) is 0 Å². The summed E-state index contributed by atoms with van der Waals surface area (Å²) in [7, 11) is 1.91. The van der Waals surface area contributed by atoms with E-state index in [4.69, 9.17) is 0 Å². The van der Waals surface area contributed by atoms with E-state index in [0.717, 1.165) is 11.5 Å². The quantitative estimate of drug-likeness (QED) is 0.636. The molecule has 0 aromatic carbocycles. The first-order valence-corrected chi connectivity index (χ1v) is 5.58. The smallest absolute Gasteiger partial charge is 0.260 e. The van der Waals surface area contributed by atoms with Crippen molar-refractivity contribution in [3.05, 3.63) is 42.2 Å². The van der Waals surface area contributed by atoms with Crippen molar-refractivity contribution in [2.75, 3.05) is 0 Å². The molecule has 94 valence electrons. The van der Waals surface area contributed by atoms with Gasteiger partial charge in [-0.05, 0) is 19.1 Å². The first kappa shape index (κ1) is 12.1. The Kier molecular flexibility index (Phi) is 3.57. The SMILES string of the molecule is Cc1nccn1CC(=O)N/N=C/c1cccn1C. The lowest BCUT2D eigenvalue weighted by atomic mass is 10.5. The highest BCUT2D eigenvalue weighted by Gasteiger charge is 2.03. The Morgan fingerprint density at radius 2 is 2.39 bits per heavy atom. The fourth-order valence-corrected chi connectivity index (χ4v) is 1.54. The Hall–Kier alpha value is -2.37. The fraction of sp³-hybridized carbons (Fsp3) is 0.250. The Morgan fingerprint density at radius 3 is 3.00 bits per heavy atom. The molecule has 1 amide bonds. The summed E-state index contributed by atoms with van der Waals surface area (Å²) in [6.45, 7) is 2.07. The van der Waals surface area contributed by atoms with E-state index in [9.17, 15) is 4.79 Å². The normalized spacial score (nSPS) is 11.0. The maximum atomic E-state index is 11.6. The molecule has 0 spiro atoms. The van der Waals surface area contributed by atoms with E-state index in [0.29, 0.717) is 0 Å². The van der Waals surface area contributed by atoms with Gasteiger partial charge in [-0.2, -0.15) is 5.10 Å². The molecule has 2 aromatic rings. The second kappa shape index (κ2) is 5.31. The lowest BCUT2D eigenvalue weighted by Gasteiger charge is -2.03. The summed E-state index contributed by atoms with van der Waals surface area (Å²) in [5.74, 6) is 0.623. The van der Waals surface area contributed by atoms with Crippen LogP contribution in [-0.4, -0.2) is 26.2 Å². The zero-order chi connectivity index (χ0) is 13.0. The second-order valence-electron chi connectivity index (χ2n) is 3.94. The molecular formula is C12H15N5O. The minimum Gasteiger partial charge on any atom is -0.350 e. The van der Waals surface area contributed by atoms with Crippen LogP contribution in [0.5, 0.6) is 0 Å². The molecule has 2 aromatic heterocycles. The van der Waals surface area contributed by atoms with Crippen LogP contribution in [0.25, 0.3) is 0 Å². The Labute approximate surface area is 105 Å². The molecule has 2 rings (SSSR count). The number of aryl methyl sites for hydroxylation is 2. The van der Waals surface area contributed by atoms with Gasteiger partial charge in [0, 0.05) is 25.6 Å². The molecule has 0 aliphatic carbocycles. The summed E-state index contributed by atoms with van der Waals surface area (Å²) >= 11 is 0. The Balaban J connectivity index is 1.87. The molecule has 0 fully saturated rings. The van der Waals surface area contributed by atoms with Crippen LogP contribution in [0, 0.1) is 6.92 Å². The van der Waals surface area contributed by atoms with Crippen LogP contribution in [0.3, 0.4) is 0 Å². The van der Waals surface area contributed by atoms with Crippen molar-refractivity contribution in [2.45, 2.75) is 13.5 Å². The van der Waals surface area contributed by atoms with Gasteiger partial charge in [0.2, 0.25) is 0 Å². The third kappa shape index (κ3) is 2.85. The van der Waals surface area contributed by atoms with Crippen molar-refractivity contribution in [3.8, 4) is 0 Å². The number of amides is 1. The summed E-state index contributed by atoms with van der Waals surface area (Å²) in [4.78, 5) is 15.6. The van der Waals surface area contributed by atoms with Crippen molar-refractivity contribution >= 4 is 12.1 Å². The number of carbonyl (C=O) groups excluding carboxylic acids is 1. The van der Waals surface area contributed by atoms with E-state index in [1.54, 1.807) is 23.2 Å². The number of imidazole rings is 1. The molecule has 18 heavy (non-hydrogen) atoms. The standard InChI is InChI=1S/C12H15N5O/c1-10-13-5-7-17(10)9-12(18)15-14-8-11-4-3-6-16(11)2/h3-8H,9H2,1-2H3,(H,15,18)/b14-8+. The van der Waals surface area contributed by atoms with Crippen LogP contribution in [0.1, 0.15) is 11.5 Å². The van der Waals surface area contributed by atoms with E-state index >= 15 is 0 Å². The average Bonchev–Trinajstić information content (AvgIpc) is 2.90. The van der Waals surface area contributed by atoms with Crippen LogP contribution >= 0.6 is 0 Å². The first-order chi connectivity index (χ1) is 8.66. The van der Waals surface area contributed by atoms with Gasteiger partial charge >= 0.3 is 0 Å². The highest BCUT2D eigenvalue weighted by molar-refractivity contribution is 5.81. The van der Waals surface area contributed by atoms with Gasteiger partial charge in [-0.15, -0.1) is 0 Å². The summed E-state index contributed by atoms with van der Waals surface area (Å²) in [6.07, 6.45) is 6.95. The molecule has 1 N–H and O–H groups in total. The van der Waals surface area contributed by atoms with E-state index in [2.05, 4.69) is 15.5 Å². The monoisotopic (exact) mass is 245 g/mol. The lowest BCUT2D eigenvalue weighted by Crippen LogP contribution is -2.23. The molecule has 0 radical (unpaired) electrons. The van der Waals surface area contributed by atoms with Crippen molar-refractivity contribution < 1.29 is 4.79 Å². The van der Waals surface area contributed by atoms with Gasteiger partial charge in [0.1, 0.15) is 12.4 Å². The van der Waals surface area contributed by atoms with E-state index in [1.165, 1.54) is 0 Å². The number of hydrogen-bond acceptors (Lipinski definition) is 3. The van der Waals surface area contributed by atoms with E-state index < -0.39 is 0 Å². The minimum atomic E-state index is -0.179. The second-order valence-corrected chi connectivity index (χ2v) is 3.94. The van der Waals surface area contributed by atoms with Crippen LogP contribution in [0.4, 0.5) is 0 Å². The number of carbonyl (C=O) groups is 1. The Morgan fingerprint density at radius 1 is 1.56 bits per heavy atom. The summed E-state index contributed by atoms with van der Waals surface area (Å²) in [6, 6.07) is 3.83. The molecule has 0 saturated heterocycles. The fourth-order valence-electron chi connectivity index (χ4n) is 1.54. The number of nitrogens with zero attached hydrogens (tertiary/aromatic N) is 4. The van der Waals surface area contributed by atoms with Gasteiger partial charge < -0.3 is 9.13 Å². The van der Waals surface area contributed by atoms with Crippen molar-refractivity contribution in [3.63, 3.8) is 0 Å². The zero-order valence-corrected chi connectivity index (χ0v) is 10.4. The number of hydrogen-bond donors (Lipinski definition) is 1. The third-order valence-electron chi connectivity index (χ3n) is 2.61. The highest BCUT2D eigenvalue weighted by atomic mass is 16.2. The molecule has 0 aliphatic heterocycles. The van der Waals surface area contributed by atoms with Gasteiger partial charge in [-0.3, -0.25) is 4.79 Å². The number of aromatic nitrogens is 3. The van der Waals surface area contributed by atoms with E-state index in [1.807, 2.05) is 36.9 Å². The molecule has 0 atom stereocenters. The van der Waals surface area contributed by atoms with Crippen LogP contribution < -0.4 is 5.43 Å². The molecule has 6 heteroatoms. The van der Waals surface area contributed by atoms with Crippen molar-refractivity contribution in [2.24, 2.45) is 12.1 Å². The minimum absolute atomic E-state index is 0.179. The molecule has 2 heterocycles. The van der Waals surface area contributed by atoms with Gasteiger partial charge in [0.15, 0.2) is 0 Å². The van der Waals surface area contributed by atoms with Crippen molar-refractivity contribution in [1.82, 2.24) is 19.5 Å². The van der Waals surface area contributed by atoms with E-state index in [-0.39, 0.29) is 12.5 Å². The predicted octanol–water partition coefficient (Wildman–Crippen LogP) is 0.680. The topological polar surface area (TPSA) is 64.2 Å². The van der Waals surface area contributed by atoms with Gasteiger partial charge in [-0.1, -0.05) is 0 Å².